The molecule has 32 heavy (non-hydrogen) atoms. The zero-order valence-electron chi connectivity index (χ0n) is 16.4. The van der Waals surface area contributed by atoms with Crippen molar-refractivity contribution in [1.82, 2.24) is 14.3 Å². The van der Waals surface area contributed by atoms with Gasteiger partial charge in [0.15, 0.2) is 0 Å². The molecule has 0 aliphatic rings. The molecule has 0 aliphatic heterocycles. The summed E-state index contributed by atoms with van der Waals surface area (Å²) in [6.45, 7) is 1.59. The van der Waals surface area contributed by atoms with Crippen LogP contribution in [0.2, 0.25) is 4.34 Å². The van der Waals surface area contributed by atoms with Crippen molar-refractivity contribution in [2.45, 2.75) is 11.1 Å². The summed E-state index contributed by atoms with van der Waals surface area (Å²) in [6.07, 6.45) is 1.27. The number of rotatable bonds is 4. The number of halogens is 1. The molecule has 0 bridgehead atoms. The van der Waals surface area contributed by atoms with E-state index in [2.05, 4.69) is 10.3 Å². The summed E-state index contributed by atoms with van der Waals surface area (Å²) in [6, 6.07) is 11.3. The Balaban J connectivity index is 1.58. The standard InChI is InChI=1S/C20H15ClN4O5S2/c1-11-18(26)13-4-2-3-5-14(13)19(27)25(11)16-8-6-12(10-22-16)23-20(28)24-32(29,30)17-9-7-15(21)31-17/h2-10,26H,1H3,(H2,23,24,28). The largest absolute Gasteiger partial charge is 0.505 e. The molecule has 0 spiro atoms. The lowest BCUT2D eigenvalue weighted by Gasteiger charge is -2.14. The normalized spacial score (nSPS) is 11.4. The van der Waals surface area contributed by atoms with Gasteiger partial charge in [-0.05, 0) is 37.3 Å². The van der Waals surface area contributed by atoms with E-state index in [1.54, 1.807) is 31.2 Å². The van der Waals surface area contributed by atoms with Gasteiger partial charge in [-0.15, -0.1) is 11.3 Å². The highest BCUT2D eigenvalue weighted by atomic mass is 35.5. The molecule has 0 saturated heterocycles. The number of benzene rings is 1. The SMILES string of the molecule is Cc1c(O)c2ccccc2c(=O)n1-c1ccc(NC(=O)NS(=O)(=O)c2ccc(Cl)s2)cn1. The van der Waals surface area contributed by atoms with Crippen molar-refractivity contribution < 1.29 is 18.3 Å². The highest BCUT2D eigenvalue weighted by Crippen LogP contribution is 2.27. The number of hydrogen-bond donors (Lipinski definition) is 3. The van der Waals surface area contributed by atoms with Gasteiger partial charge in [-0.1, -0.05) is 29.8 Å². The third kappa shape index (κ3) is 4.05. The Morgan fingerprint density at radius 2 is 1.84 bits per heavy atom. The van der Waals surface area contributed by atoms with Crippen LogP contribution in [0.25, 0.3) is 16.6 Å². The number of fused-ring (bicyclic) bond motifs is 1. The van der Waals surface area contributed by atoms with E-state index >= 15 is 0 Å². The molecule has 9 nitrogen and oxygen atoms in total. The van der Waals surface area contributed by atoms with E-state index in [1.165, 1.54) is 35.0 Å². The van der Waals surface area contributed by atoms with Gasteiger partial charge in [-0.25, -0.2) is 22.9 Å². The number of carbonyl (C=O) groups is 1. The zero-order chi connectivity index (χ0) is 23.0. The summed E-state index contributed by atoms with van der Waals surface area (Å²) in [5.74, 6) is 0.183. The van der Waals surface area contributed by atoms with Crippen LogP contribution in [0.1, 0.15) is 5.69 Å². The van der Waals surface area contributed by atoms with Crippen LogP contribution in [0.4, 0.5) is 10.5 Å². The molecule has 0 unspecified atom stereocenters. The molecule has 4 rings (SSSR count). The molecule has 164 valence electrons. The number of nitrogens with one attached hydrogen (secondary N) is 2. The summed E-state index contributed by atoms with van der Waals surface area (Å²) in [4.78, 5) is 29.2. The van der Waals surface area contributed by atoms with Crippen LogP contribution < -0.4 is 15.6 Å². The maximum Gasteiger partial charge on any atom is 0.333 e. The Bertz CT molecular complexity index is 1510. The van der Waals surface area contributed by atoms with Gasteiger partial charge in [-0.3, -0.25) is 9.36 Å². The van der Waals surface area contributed by atoms with E-state index in [0.29, 0.717) is 16.5 Å². The molecule has 0 fully saturated rings. The van der Waals surface area contributed by atoms with Crippen molar-refractivity contribution in [2.24, 2.45) is 0 Å². The number of aromatic nitrogens is 2. The maximum absolute atomic E-state index is 12.9. The first-order chi connectivity index (χ1) is 15.2. The Morgan fingerprint density at radius 3 is 2.47 bits per heavy atom. The van der Waals surface area contributed by atoms with Crippen LogP contribution >= 0.6 is 22.9 Å². The number of amides is 2. The smallest absolute Gasteiger partial charge is 0.333 e. The Kier molecular flexibility index (Phi) is 5.63. The number of anilines is 1. The first kappa shape index (κ1) is 21.8. The first-order valence-electron chi connectivity index (χ1n) is 9.06. The van der Waals surface area contributed by atoms with Crippen molar-refractivity contribution in [3.05, 3.63) is 75.1 Å². The van der Waals surface area contributed by atoms with Crippen molar-refractivity contribution in [3.8, 4) is 11.6 Å². The summed E-state index contributed by atoms with van der Waals surface area (Å²) in [5, 5.41) is 13.6. The number of nitrogens with zero attached hydrogens (tertiary/aromatic N) is 2. The second kappa shape index (κ2) is 8.26. The molecule has 2 amide bonds. The molecule has 3 aromatic heterocycles. The van der Waals surface area contributed by atoms with Gasteiger partial charge in [0.05, 0.1) is 27.3 Å². The van der Waals surface area contributed by atoms with Crippen LogP contribution in [0.15, 0.2) is 63.7 Å². The van der Waals surface area contributed by atoms with Gasteiger partial charge in [0.25, 0.3) is 15.6 Å². The van der Waals surface area contributed by atoms with E-state index in [9.17, 15) is 23.1 Å². The lowest BCUT2D eigenvalue weighted by atomic mass is 10.1. The van der Waals surface area contributed by atoms with Gasteiger partial charge in [0.2, 0.25) is 0 Å². The number of thiophene rings is 1. The van der Waals surface area contributed by atoms with Gasteiger partial charge in [0, 0.05) is 5.39 Å². The van der Waals surface area contributed by atoms with Crippen molar-refractivity contribution in [1.29, 1.82) is 0 Å². The number of sulfonamides is 1. The fourth-order valence-electron chi connectivity index (χ4n) is 3.09. The average Bonchev–Trinajstić information content (AvgIpc) is 3.20. The number of carbonyl (C=O) groups excluding carboxylic acids is 1. The Hall–Kier alpha value is -3.41. The van der Waals surface area contributed by atoms with Gasteiger partial charge in [-0.2, -0.15) is 0 Å². The van der Waals surface area contributed by atoms with Crippen molar-refractivity contribution in [3.63, 3.8) is 0 Å². The van der Waals surface area contributed by atoms with Gasteiger partial charge >= 0.3 is 6.03 Å². The molecule has 0 aliphatic carbocycles. The molecule has 0 radical (unpaired) electrons. The number of urea groups is 1. The third-order valence-corrected chi connectivity index (χ3v) is 7.62. The minimum atomic E-state index is -4.07. The van der Waals surface area contributed by atoms with E-state index in [0.717, 1.165) is 11.3 Å². The number of hydrogen-bond acceptors (Lipinski definition) is 7. The Labute approximate surface area is 191 Å². The number of pyridine rings is 2. The minimum Gasteiger partial charge on any atom is -0.505 e. The predicted octanol–water partition coefficient (Wildman–Crippen LogP) is 3.63. The molecule has 0 saturated carbocycles. The van der Waals surface area contributed by atoms with Gasteiger partial charge in [0.1, 0.15) is 15.8 Å². The molecule has 1 aromatic carbocycles. The summed E-state index contributed by atoms with van der Waals surface area (Å²) in [7, 11) is -4.07. The molecule has 4 aromatic rings. The second-order valence-corrected chi connectivity index (χ2v) is 10.3. The van der Waals surface area contributed by atoms with E-state index in [1.807, 2.05) is 4.72 Å². The average molecular weight is 491 g/mol. The molecular weight excluding hydrogens is 476 g/mol. The van der Waals surface area contributed by atoms with Gasteiger partial charge < -0.3 is 10.4 Å². The van der Waals surface area contributed by atoms with Crippen LogP contribution in [0, 0.1) is 6.92 Å². The number of aromatic hydroxyl groups is 1. The zero-order valence-corrected chi connectivity index (χ0v) is 18.8. The van der Waals surface area contributed by atoms with Crippen molar-refractivity contribution >= 4 is 55.5 Å². The van der Waals surface area contributed by atoms with E-state index < -0.39 is 16.1 Å². The summed E-state index contributed by atoms with van der Waals surface area (Å²) < 4.78 is 27.7. The third-order valence-electron chi connectivity index (χ3n) is 4.57. The topological polar surface area (TPSA) is 130 Å². The molecule has 12 heteroatoms. The fourth-order valence-corrected chi connectivity index (χ4v) is 5.48. The Morgan fingerprint density at radius 1 is 1.12 bits per heavy atom. The van der Waals surface area contributed by atoms with Crippen LogP contribution in [0.5, 0.6) is 5.75 Å². The fraction of sp³-hybridized carbons (Fsp3) is 0.0500. The van der Waals surface area contributed by atoms with Crippen LogP contribution in [0.3, 0.4) is 0 Å². The lowest BCUT2D eigenvalue weighted by Crippen LogP contribution is -2.34. The van der Waals surface area contributed by atoms with Crippen LogP contribution in [-0.4, -0.2) is 29.1 Å². The molecule has 3 heterocycles. The van der Waals surface area contributed by atoms with E-state index in [4.69, 9.17) is 11.6 Å². The predicted molar refractivity (Wildman–Crippen MR) is 122 cm³/mol. The molecular formula is C20H15ClN4O5S2. The quantitative estimate of drug-likeness (QED) is 0.400. The monoisotopic (exact) mass is 490 g/mol. The minimum absolute atomic E-state index is 0.0394. The second-order valence-electron chi connectivity index (χ2n) is 6.64. The highest BCUT2D eigenvalue weighted by molar-refractivity contribution is 7.92. The maximum atomic E-state index is 12.9. The lowest BCUT2D eigenvalue weighted by molar-refractivity contribution is 0.256. The summed E-state index contributed by atoms with van der Waals surface area (Å²) in [5.41, 5.74) is 0.143. The van der Waals surface area contributed by atoms with Crippen LogP contribution in [-0.2, 0) is 10.0 Å². The van der Waals surface area contributed by atoms with E-state index in [-0.39, 0.29) is 31.4 Å². The first-order valence-corrected chi connectivity index (χ1v) is 11.7. The molecule has 0 atom stereocenters. The molecule has 3 N–H and O–H groups in total. The highest BCUT2D eigenvalue weighted by Gasteiger charge is 2.20. The van der Waals surface area contributed by atoms with Crippen molar-refractivity contribution in [2.75, 3.05) is 5.32 Å². The summed E-state index contributed by atoms with van der Waals surface area (Å²) >= 11 is 6.56.